The van der Waals surface area contributed by atoms with Crippen molar-refractivity contribution in [3.8, 4) is 11.5 Å². The van der Waals surface area contributed by atoms with E-state index in [1.165, 1.54) is 14.2 Å². The zero-order chi connectivity index (χ0) is 23.6. The lowest BCUT2D eigenvalue weighted by Gasteiger charge is -2.31. The summed E-state index contributed by atoms with van der Waals surface area (Å²) in [4.78, 5) is 26.7. The van der Waals surface area contributed by atoms with E-state index in [2.05, 4.69) is 0 Å². The van der Waals surface area contributed by atoms with Gasteiger partial charge in [0.1, 0.15) is 12.2 Å². The molecule has 1 amide bonds. The second-order valence-corrected chi connectivity index (χ2v) is 9.31. The summed E-state index contributed by atoms with van der Waals surface area (Å²) in [6, 6.07) is 10.6. The number of carbonyl (C=O) groups excluding carboxylic acids is 1. The van der Waals surface area contributed by atoms with Gasteiger partial charge in [-0.25, -0.2) is 0 Å². The number of fused-ring (bicyclic) bond motifs is 1. The Morgan fingerprint density at radius 2 is 1.88 bits per heavy atom. The largest absolute Gasteiger partial charge is 0.493 e. The van der Waals surface area contributed by atoms with Crippen LogP contribution in [0, 0.1) is 5.41 Å². The average molecular weight is 462 g/mol. The molecule has 0 spiro atoms. The van der Waals surface area contributed by atoms with Gasteiger partial charge in [-0.15, -0.1) is 0 Å². The van der Waals surface area contributed by atoms with E-state index >= 15 is 0 Å². The summed E-state index contributed by atoms with van der Waals surface area (Å²) < 4.78 is 17.3. The van der Waals surface area contributed by atoms with Gasteiger partial charge in [0, 0.05) is 28.4 Å². The van der Waals surface area contributed by atoms with Crippen LogP contribution in [0.5, 0.6) is 11.5 Å². The number of hydrogen-bond donors (Lipinski definition) is 1. The maximum Gasteiger partial charge on any atom is 0.306 e. The minimum absolute atomic E-state index is 0.242. The molecule has 1 N–H and O–H groups in total. The van der Waals surface area contributed by atoms with Crippen LogP contribution in [-0.4, -0.2) is 43.9 Å². The number of ether oxygens (including phenoxy) is 3. The van der Waals surface area contributed by atoms with Crippen LogP contribution in [0.2, 0.25) is 5.02 Å². The molecular weight excluding hydrogens is 434 g/mol. The highest BCUT2D eigenvalue weighted by atomic mass is 35.5. The molecule has 8 heteroatoms. The Balaban J connectivity index is 2.27. The van der Waals surface area contributed by atoms with Crippen molar-refractivity contribution < 1.29 is 28.9 Å². The molecule has 2 aromatic rings. The summed E-state index contributed by atoms with van der Waals surface area (Å²) in [5, 5.41) is 9.95. The second-order valence-electron chi connectivity index (χ2n) is 8.87. The normalized spacial score (nSPS) is 18.7. The predicted molar refractivity (Wildman–Crippen MR) is 122 cm³/mol. The van der Waals surface area contributed by atoms with Crippen LogP contribution in [0.25, 0.3) is 0 Å². The molecule has 1 aliphatic rings. The van der Waals surface area contributed by atoms with E-state index in [4.69, 9.17) is 25.8 Å². The lowest BCUT2D eigenvalue weighted by molar-refractivity contribution is -0.147. The Morgan fingerprint density at radius 3 is 2.47 bits per heavy atom. The van der Waals surface area contributed by atoms with E-state index in [-0.39, 0.29) is 5.41 Å². The Hall–Kier alpha value is -2.77. The topological polar surface area (TPSA) is 85.3 Å². The first-order valence-electron chi connectivity index (χ1n) is 10.2. The molecule has 2 aromatic carbocycles. The van der Waals surface area contributed by atoms with Crippen molar-refractivity contribution in [2.45, 2.75) is 39.4 Å². The third-order valence-electron chi connectivity index (χ3n) is 5.11. The van der Waals surface area contributed by atoms with E-state index < -0.39 is 30.5 Å². The number of aliphatic carboxylic acids is 1. The third kappa shape index (κ3) is 5.00. The van der Waals surface area contributed by atoms with Crippen molar-refractivity contribution in [3.05, 3.63) is 52.5 Å². The smallest absolute Gasteiger partial charge is 0.306 e. The molecular formula is C24H28ClNO6. The molecule has 172 valence electrons. The Morgan fingerprint density at radius 1 is 1.16 bits per heavy atom. The number of benzene rings is 2. The number of anilines is 1. The molecule has 32 heavy (non-hydrogen) atoms. The number of nitrogens with zero attached hydrogens (tertiary/aromatic N) is 1. The van der Waals surface area contributed by atoms with Crippen LogP contribution in [-0.2, 0) is 14.3 Å². The van der Waals surface area contributed by atoms with E-state index in [0.717, 1.165) is 0 Å². The van der Waals surface area contributed by atoms with Gasteiger partial charge < -0.3 is 24.2 Å². The number of carboxylic acids is 1. The van der Waals surface area contributed by atoms with E-state index in [0.29, 0.717) is 39.9 Å². The van der Waals surface area contributed by atoms with E-state index in [1.807, 2.05) is 20.8 Å². The number of carboxylic acid groups (broad SMARTS) is 1. The number of amides is 1. The lowest BCUT2D eigenvalue weighted by atomic mass is 9.94. The van der Waals surface area contributed by atoms with Crippen molar-refractivity contribution in [1.82, 2.24) is 0 Å². The van der Waals surface area contributed by atoms with Gasteiger partial charge in [0.15, 0.2) is 11.5 Å². The summed E-state index contributed by atoms with van der Waals surface area (Å²) in [5.74, 6) is -0.597. The quantitative estimate of drug-likeness (QED) is 0.671. The Bertz CT molecular complexity index is 1020. The zero-order valence-electron chi connectivity index (χ0n) is 18.8. The molecule has 3 rings (SSSR count). The molecule has 7 nitrogen and oxygen atoms in total. The molecule has 2 atom stereocenters. The fraction of sp³-hybridized carbons (Fsp3) is 0.417. The number of halogens is 1. The Labute approximate surface area is 192 Å². The molecule has 0 saturated heterocycles. The van der Waals surface area contributed by atoms with Crippen LogP contribution in [0.15, 0.2) is 36.4 Å². The molecule has 0 fully saturated rings. The van der Waals surface area contributed by atoms with Crippen LogP contribution in [0.1, 0.15) is 44.4 Å². The molecule has 0 saturated carbocycles. The summed E-state index contributed by atoms with van der Waals surface area (Å²) >= 11 is 6.34. The first kappa shape index (κ1) is 23.9. The van der Waals surface area contributed by atoms with Gasteiger partial charge in [0.2, 0.25) is 0 Å². The maximum absolute atomic E-state index is 13.5. The van der Waals surface area contributed by atoms with Crippen LogP contribution >= 0.6 is 11.6 Å². The SMILES string of the molecule is COc1cccc(C2O[C@H](CC(=O)O)C(=O)N(CC(C)(C)C)c3ccc(Cl)cc32)c1OC. The van der Waals surface area contributed by atoms with Gasteiger partial charge in [-0.3, -0.25) is 9.59 Å². The predicted octanol–water partition coefficient (Wildman–Crippen LogP) is 4.70. The van der Waals surface area contributed by atoms with Gasteiger partial charge in [0.25, 0.3) is 5.91 Å². The highest BCUT2D eigenvalue weighted by molar-refractivity contribution is 6.30. The Kier molecular flexibility index (Phi) is 7.00. The molecule has 1 unspecified atom stereocenters. The van der Waals surface area contributed by atoms with Crippen molar-refractivity contribution in [1.29, 1.82) is 0 Å². The lowest BCUT2D eigenvalue weighted by Crippen LogP contribution is -2.44. The number of carbonyl (C=O) groups is 2. The number of para-hydroxylation sites is 1. The van der Waals surface area contributed by atoms with Gasteiger partial charge in [0.05, 0.1) is 20.6 Å². The zero-order valence-corrected chi connectivity index (χ0v) is 19.6. The number of rotatable bonds is 6. The fourth-order valence-corrected chi connectivity index (χ4v) is 4.04. The monoisotopic (exact) mass is 461 g/mol. The fourth-order valence-electron chi connectivity index (χ4n) is 3.86. The molecule has 0 aliphatic carbocycles. The summed E-state index contributed by atoms with van der Waals surface area (Å²) in [5.41, 5.74) is 1.64. The van der Waals surface area contributed by atoms with Crippen molar-refractivity contribution in [2.75, 3.05) is 25.7 Å². The van der Waals surface area contributed by atoms with Crippen molar-refractivity contribution >= 4 is 29.2 Å². The standard InChI is InChI=1S/C24H28ClNO6/c1-24(2,3)13-26-17-10-9-14(25)11-16(17)21(32-19(23(26)29)12-20(27)28)15-7-6-8-18(30-4)22(15)31-5/h6-11,19,21H,12-13H2,1-5H3,(H,27,28)/t19-,21?/m1/s1. The highest BCUT2D eigenvalue weighted by Crippen LogP contribution is 2.45. The first-order valence-corrected chi connectivity index (χ1v) is 10.6. The molecule has 0 aromatic heterocycles. The van der Waals surface area contributed by atoms with Crippen LogP contribution in [0.3, 0.4) is 0 Å². The molecule has 0 radical (unpaired) electrons. The van der Waals surface area contributed by atoms with E-state index in [1.54, 1.807) is 41.3 Å². The summed E-state index contributed by atoms with van der Waals surface area (Å²) in [6.07, 6.45) is -2.46. The van der Waals surface area contributed by atoms with Crippen LogP contribution < -0.4 is 14.4 Å². The van der Waals surface area contributed by atoms with E-state index in [9.17, 15) is 14.7 Å². The molecule has 1 aliphatic heterocycles. The van der Waals surface area contributed by atoms with Gasteiger partial charge in [-0.05, 0) is 29.7 Å². The minimum Gasteiger partial charge on any atom is -0.493 e. The highest BCUT2D eigenvalue weighted by Gasteiger charge is 2.40. The number of methoxy groups -OCH3 is 2. The van der Waals surface area contributed by atoms with Crippen molar-refractivity contribution in [3.63, 3.8) is 0 Å². The summed E-state index contributed by atoms with van der Waals surface area (Å²) in [6.45, 7) is 6.41. The first-order chi connectivity index (χ1) is 15.1. The number of hydrogen-bond acceptors (Lipinski definition) is 5. The molecule has 0 bridgehead atoms. The van der Waals surface area contributed by atoms with Gasteiger partial charge >= 0.3 is 5.97 Å². The second kappa shape index (κ2) is 9.38. The maximum atomic E-state index is 13.5. The average Bonchev–Trinajstić information content (AvgIpc) is 2.82. The molecule has 1 heterocycles. The minimum atomic E-state index is -1.19. The third-order valence-corrected chi connectivity index (χ3v) is 5.35. The van der Waals surface area contributed by atoms with Crippen molar-refractivity contribution in [2.24, 2.45) is 5.41 Å². The summed E-state index contributed by atoms with van der Waals surface area (Å²) in [7, 11) is 3.05. The van der Waals surface area contributed by atoms with Gasteiger partial charge in [-0.1, -0.05) is 44.5 Å². The van der Waals surface area contributed by atoms with Gasteiger partial charge in [-0.2, -0.15) is 0 Å². The van der Waals surface area contributed by atoms with Crippen LogP contribution in [0.4, 0.5) is 5.69 Å².